The van der Waals surface area contributed by atoms with E-state index in [-0.39, 0.29) is 11.1 Å². The van der Waals surface area contributed by atoms with E-state index < -0.39 is 0 Å². The maximum absolute atomic E-state index is 13.0. The van der Waals surface area contributed by atoms with Crippen LogP contribution in [0.5, 0.6) is 0 Å². The molecule has 7 nitrogen and oxygen atoms in total. The number of aryl methyl sites for hydroxylation is 1. The second-order valence-corrected chi connectivity index (χ2v) is 5.79. The summed E-state index contributed by atoms with van der Waals surface area (Å²) in [5.74, 6) is 0.965. The molecule has 5 aromatic rings. The molecule has 0 fully saturated rings. The molecule has 3 heterocycles. The molecule has 0 amide bonds. The summed E-state index contributed by atoms with van der Waals surface area (Å²) in [6.07, 6.45) is 1.74. The molecule has 0 atom stereocenters. The van der Waals surface area contributed by atoms with Crippen LogP contribution in [0.4, 0.5) is 0 Å². The summed E-state index contributed by atoms with van der Waals surface area (Å²) in [4.78, 5) is 17.2. The van der Waals surface area contributed by atoms with Gasteiger partial charge in [-0.15, -0.1) is 15.3 Å². The van der Waals surface area contributed by atoms with E-state index in [0.717, 1.165) is 16.5 Å². The van der Waals surface area contributed by atoms with Gasteiger partial charge in [-0.3, -0.25) is 9.36 Å². The third kappa shape index (κ3) is 1.96. The molecule has 25 heavy (non-hydrogen) atoms. The van der Waals surface area contributed by atoms with E-state index in [9.17, 15) is 4.79 Å². The fourth-order valence-corrected chi connectivity index (χ4v) is 3.11. The molecule has 5 rings (SSSR count). The molecule has 0 unspecified atom stereocenters. The van der Waals surface area contributed by atoms with Crippen molar-refractivity contribution in [2.45, 2.75) is 6.92 Å². The Morgan fingerprint density at radius 1 is 0.960 bits per heavy atom. The fraction of sp³-hybridized carbons (Fsp3) is 0.0556. The molecule has 7 heteroatoms. The molecule has 120 valence electrons. The van der Waals surface area contributed by atoms with E-state index in [4.69, 9.17) is 0 Å². The minimum Gasteiger partial charge on any atom is -0.282 e. The maximum Gasteiger partial charge on any atom is 0.285 e. The van der Waals surface area contributed by atoms with Crippen molar-refractivity contribution in [3.05, 3.63) is 70.9 Å². The number of aromatic nitrogens is 6. The summed E-state index contributed by atoms with van der Waals surface area (Å²) in [5.41, 5.74) is 1.41. The first-order chi connectivity index (χ1) is 12.2. The minimum atomic E-state index is -0.239. The summed E-state index contributed by atoms with van der Waals surface area (Å²) in [5, 5.41) is 14.5. The van der Waals surface area contributed by atoms with Crippen LogP contribution >= 0.6 is 0 Å². The molecule has 0 aliphatic heterocycles. The molecule has 0 aliphatic rings. The lowest BCUT2D eigenvalue weighted by Gasteiger charge is -2.10. The van der Waals surface area contributed by atoms with Crippen molar-refractivity contribution in [2.75, 3.05) is 0 Å². The van der Waals surface area contributed by atoms with Crippen LogP contribution < -0.4 is 5.56 Å². The first-order valence-corrected chi connectivity index (χ1v) is 7.82. The number of rotatable bonds is 1. The summed E-state index contributed by atoms with van der Waals surface area (Å²) in [6.45, 7) is 1.78. The predicted molar refractivity (Wildman–Crippen MR) is 93.9 cm³/mol. The van der Waals surface area contributed by atoms with E-state index in [2.05, 4.69) is 20.3 Å². The topological polar surface area (TPSA) is 78.0 Å². The molecule has 0 spiro atoms. The highest BCUT2D eigenvalue weighted by molar-refractivity contribution is 5.90. The van der Waals surface area contributed by atoms with Gasteiger partial charge in [0.2, 0.25) is 0 Å². The molecule has 0 radical (unpaired) electrons. The molecule has 3 aromatic heterocycles. The zero-order valence-electron chi connectivity index (χ0n) is 13.3. The molecule has 0 aliphatic carbocycles. The van der Waals surface area contributed by atoms with Crippen molar-refractivity contribution in [3.8, 4) is 5.69 Å². The second kappa shape index (κ2) is 4.94. The highest BCUT2D eigenvalue weighted by Gasteiger charge is 2.13. The third-order valence-electron chi connectivity index (χ3n) is 4.24. The van der Waals surface area contributed by atoms with Gasteiger partial charge in [0.25, 0.3) is 11.3 Å². The second-order valence-electron chi connectivity index (χ2n) is 5.79. The van der Waals surface area contributed by atoms with Gasteiger partial charge in [0.05, 0.1) is 5.69 Å². The van der Waals surface area contributed by atoms with E-state index in [1.807, 2.05) is 48.5 Å². The van der Waals surface area contributed by atoms with Crippen LogP contribution in [-0.2, 0) is 0 Å². The van der Waals surface area contributed by atoms with Gasteiger partial charge < -0.3 is 0 Å². The SMILES string of the molecule is Cc1nc2nnc3c(=O)n(-c4cccc5ccccc45)ccc3n2n1. The van der Waals surface area contributed by atoms with Crippen molar-refractivity contribution in [1.29, 1.82) is 0 Å². The summed E-state index contributed by atoms with van der Waals surface area (Å²) >= 11 is 0. The zero-order chi connectivity index (χ0) is 17.0. The Morgan fingerprint density at radius 3 is 2.72 bits per heavy atom. The highest BCUT2D eigenvalue weighted by atomic mass is 16.1. The quantitative estimate of drug-likeness (QED) is 0.472. The van der Waals surface area contributed by atoms with Crippen molar-refractivity contribution in [1.82, 2.24) is 29.4 Å². The summed E-state index contributed by atoms with van der Waals surface area (Å²) < 4.78 is 3.14. The Hall–Kier alpha value is -3.61. The largest absolute Gasteiger partial charge is 0.285 e. The van der Waals surface area contributed by atoms with Crippen LogP contribution in [0.1, 0.15) is 5.82 Å². The molecular formula is C18H12N6O. The number of hydrogen-bond acceptors (Lipinski definition) is 5. The van der Waals surface area contributed by atoms with E-state index in [0.29, 0.717) is 17.1 Å². The number of benzene rings is 2. The van der Waals surface area contributed by atoms with E-state index in [1.165, 1.54) is 0 Å². The zero-order valence-corrected chi connectivity index (χ0v) is 13.3. The first-order valence-electron chi connectivity index (χ1n) is 7.82. The van der Waals surface area contributed by atoms with E-state index in [1.54, 1.807) is 22.2 Å². The summed E-state index contributed by atoms with van der Waals surface area (Å²) in [7, 11) is 0. The Balaban J connectivity index is 1.87. The average molecular weight is 328 g/mol. The molecule has 2 aromatic carbocycles. The lowest BCUT2D eigenvalue weighted by Crippen LogP contribution is -2.20. The highest BCUT2D eigenvalue weighted by Crippen LogP contribution is 2.21. The van der Waals surface area contributed by atoms with Crippen molar-refractivity contribution >= 4 is 27.6 Å². The van der Waals surface area contributed by atoms with Gasteiger partial charge in [0.15, 0.2) is 5.52 Å². The van der Waals surface area contributed by atoms with Gasteiger partial charge in [-0.2, -0.15) is 9.50 Å². The molecule has 0 saturated heterocycles. The Bertz CT molecular complexity index is 1330. The van der Waals surface area contributed by atoms with Gasteiger partial charge in [-0.1, -0.05) is 36.4 Å². The van der Waals surface area contributed by atoms with Crippen molar-refractivity contribution in [2.24, 2.45) is 0 Å². The average Bonchev–Trinajstić information content (AvgIpc) is 3.02. The Morgan fingerprint density at radius 2 is 1.80 bits per heavy atom. The van der Waals surface area contributed by atoms with E-state index >= 15 is 0 Å². The van der Waals surface area contributed by atoms with Gasteiger partial charge in [0, 0.05) is 11.6 Å². The maximum atomic E-state index is 13.0. The van der Waals surface area contributed by atoms with Crippen molar-refractivity contribution in [3.63, 3.8) is 0 Å². The van der Waals surface area contributed by atoms with Gasteiger partial charge in [-0.25, -0.2) is 0 Å². The smallest absolute Gasteiger partial charge is 0.282 e. The van der Waals surface area contributed by atoms with Crippen LogP contribution in [0.3, 0.4) is 0 Å². The van der Waals surface area contributed by atoms with Crippen LogP contribution in [0.2, 0.25) is 0 Å². The van der Waals surface area contributed by atoms with Crippen LogP contribution in [0.15, 0.2) is 59.5 Å². The normalized spacial score (nSPS) is 11.6. The Kier molecular flexibility index (Phi) is 2.73. The monoisotopic (exact) mass is 328 g/mol. The van der Waals surface area contributed by atoms with Gasteiger partial charge in [-0.05, 0) is 24.4 Å². The summed E-state index contributed by atoms with van der Waals surface area (Å²) in [6, 6.07) is 15.6. The predicted octanol–water partition coefficient (Wildman–Crippen LogP) is 2.29. The molecule has 0 N–H and O–H groups in total. The molecule has 0 bridgehead atoms. The number of nitrogens with zero attached hydrogens (tertiary/aromatic N) is 6. The molecular weight excluding hydrogens is 316 g/mol. The van der Waals surface area contributed by atoms with Crippen molar-refractivity contribution < 1.29 is 0 Å². The fourth-order valence-electron chi connectivity index (χ4n) is 3.11. The number of hydrogen-bond donors (Lipinski definition) is 0. The van der Waals surface area contributed by atoms with Gasteiger partial charge in [0.1, 0.15) is 11.3 Å². The third-order valence-corrected chi connectivity index (χ3v) is 4.24. The van der Waals surface area contributed by atoms with Crippen LogP contribution in [-0.4, -0.2) is 29.4 Å². The van der Waals surface area contributed by atoms with Crippen LogP contribution in [0.25, 0.3) is 33.3 Å². The minimum absolute atomic E-state index is 0.239. The first kappa shape index (κ1) is 13.8. The number of pyridine rings is 1. The standard InChI is InChI=1S/C18H12N6O/c1-11-19-18-21-20-16-15(24(18)22-11)9-10-23(17(16)25)14-8-4-6-12-5-2-3-7-13(12)14/h2-10H,1H3. The van der Waals surface area contributed by atoms with Gasteiger partial charge >= 0.3 is 0 Å². The molecule has 0 saturated carbocycles. The van der Waals surface area contributed by atoms with Crippen LogP contribution in [0, 0.1) is 6.92 Å². The Labute approximate surface area is 141 Å². The number of fused-ring (bicyclic) bond motifs is 4. The lowest BCUT2D eigenvalue weighted by atomic mass is 10.1. The lowest BCUT2D eigenvalue weighted by molar-refractivity contribution is 0.906.